The number of sulfonamides is 1. The first-order chi connectivity index (χ1) is 12.4. The van der Waals surface area contributed by atoms with Crippen molar-refractivity contribution in [3.63, 3.8) is 0 Å². The van der Waals surface area contributed by atoms with E-state index in [1.54, 1.807) is 30.3 Å². The number of ether oxygens (including phenoxy) is 1. The molecule has 134 valence electrons. The SMILES string of the molecule is O=C1Cc2cc(S(=O)(=O)Nc3ccc(N4CCOC4=O)cc3)ccc2N1. The van der Waals surface area contributed by atoms with Crippen molar-refractivity contribution < 1.29 is 22.7 Å². The number of fused-ring (bicyclic) bond motifs is 1. The van der Waals surface area contributed by atoms with Crippen LogP contribution in [0.5, 0.6) is 0 Å². The number of carbonyl (C=O) groups is 2. The maximum Gasteiger partial charge on any atom is 0.414 e. The van der Waals surface area contributed by atoms with Crippen LogP contribution >= 0.6 is 0 Å². The highest BCUT2D eigenvalue weighted by Gasteiger charge is 2.24. The van der Waals surface area contributed by atoms with Crippen LogP contribution < -0.4 is 14.9 Å². The summed E-state index contributed by atoms with van der Waals surface area (Å²) in [6.45, 7) is 0.800. The fourth-order valence-electron chi connectivity index (χ4n) is 2.92. The Morgan fingerprint density at radius 2 is 1.85 bits per heavy atom. The molecule has 0 bridgehead atoms. The van der Waals surface area contributed by atoms with Gasteiger partial charge in [0.1, 0.15) is 6.61 Å². The molecule has 0 aliphatic carbocycles. The molecule has 0 aromatic heterocycles. The highest BCUT2D eigenvalue weighted by molar-refractivity contribution is 7.92. The van der Waals surface area contributed by atoms with Gasteiger partial charge in [-0.3, -0.25) is 14.4 Å². The van der Waals surface area contributed by atoms with E-state index in [0.717, 1.165) is 0 Å². The van der Waals surface area contributed by atoms with Crippen molar-refractivity contribution in [2.24, 2.45) is 0 Å². The predicted octanol–water partition coefficient (Wildman–Crippen LogP) is 1.94. The molecule has 2 aliphatic rings. The van der Waals surface area contributed by atoms with Gasteiger partial charge < -0.3 is 10.1 Å². The van der Waals surface area contributed by atoms with Gasteiger partial charge in [-0.25, -0.2) is 13.2 Å². The van der Waals surface area contributed by atoms with Crippen molar-refractivity contribution in [1.29, 1.82) is 0 Å². The Morgan fingerprint density at radius 1 is 1.08 bits per heavy atom. The molecule has 2 amide bonds. The zero-order chi connectivity index (χ0) is 18.3. The second kappa shape index (κ2) is 6.03. The van der Waals surface area contributed by atoms with Crippen LogP contribution in [0.25, 0.3) is 0 Å². The van der Waals surface area contributed by atoms with Crippen LogP contribution in [0.2, 0.25) is 0 Å². The average Bonchev–Trinajstić information content (AvgIpc) is 3.19. The number of hydrogen-bond acceptors (Lipinski definition) is 5. The monoisotopic (exact) mass is 373 g/mol. The van der Waals surface area contributed by atoms with E-state index in [9.17, 15) is 18.0 Å². The van der Waals surface area contributed by atoms with Crippen LogP contribution in [0.15, 0.2) is 47.4 Å². The molecule has 1 saturated heterocycles. The Bertz CT molecular complexity index is 1000. The number of nitrogens with one attached hydrogen (secondary N) is 2. The highest BCUT2D eigenvalue weighted by atomic mass is 32.2. The number of carbonyl (C=O) groups excluding carboxylic acids is 2. The Kier molecular flexibility index (Phi) is 3.80. The summed E-state index contributed by atoms with van der Waals surface area (Å²) in [6, 6.07) is 11.0. The highest BCUT2D eigenvalue weighted by Crippen LogP contribution is 2.27. The zero-order valence-electron chi connectivity index (χ0n) is 13.6. The van der Waals surface area contributed by atoms with Crippen molar-refractivity contribution in [2.45, 2.75) is 11.3 Å². The molecular formula is C17H15N3O5S. The summed E-state index contributed by atoms with van der Waals surface area (Å²) in [7, 11) is -3.79. The van der Waals surface area contributed by atoms with E-state index in [0.29, 0.717) is 35.8 Å². The molecule has 26 heavy (non-hydrogen) atoms. The van der Waals surface area contributed by atoms with Gasteiger partial charge in [-0.1, -0.05) is 0 Å². The van der Waals surface area contributed by atoms with Gasteiger partial charge in [-0.05, 0) is 48.0 Å². The maximum atomic E-state index is 12.6. The predicted molar refractivity (Wildman–Crippen MR) is 94.7 cm³/mol. The van der Waals surface area contributed by atoms with E-state index in [4.69, 9.17) is 4.74 Å². The molecule has 2 N–H and O–H groups in total. The van der Waals surface area contributed by atoms with E-state index < -0.39 is 16.1 Å². The zero-order valence-corrected chi connectivity index (χ0v) is 14.4. The normalized spacial score (nSPS) is 16.2. The lowest BCUT2D eigenvalue weighted by Gasteiger charge is -2.14. The first-order valence-corrected chi connectivity index (χ1v) is 9.41. The molecule has 0 spiro atoms. The molecule has 4 rings (SSSR count). The molecule has 0 saturated carbocycles. The van der Waals surface area contributed by atoms with Crippen LogP contribution in [-0.4, -0.2) is 33.6 Å². The lowest BCUT2D eigenvalue weighted by Crippen LogP contribution is -2.23. The first kappa shape index (κ1) is 16.4. The third kappa shape index (κ3) is 2.97. The van der Waals surface area contributed by atoms with Crippen molar-refractivity contribution in [3.8, 4) is 0 Å². The van der Waals surface area contributed by atoms with Crippen molar-refractivity contribution in [1.82, 2.24) is 0 Å². The quantitative estimate of drug-likeness (QED) is 0.852. The number of hydrogen-bond donors (Lipinski definition) is 2. The van der Waals surface area contributed by atoms with Gasteiger partial charge in [0, 0.05) is 17.1 Å². The third-order valence-electron chi connectivity index (χ3n) is 4.20. The molecule has 0 atom stereocenters. The first-order valence-electron chi connectivity index (χ1n) is 7.92. The van der Waals surface area contributed by atoms with Gasteiger partial charge in [0.25, 0.3) is 10.0 Å². The summed E-state index contributed by atoms with van der Waals surface area (Å²) >= 11 is 0. The van der Waals surface area contributed by atoms with Gasteiger partial charge in [0.2, 0.25) is 5.91 Å². The molecule has 1 fully saturated rings. The van der Waals surface area contributed by atoms with Gasteiger partial charge in [0.05, 0.1) is 17.9 Å². The average molecular weight is 373 g/mol. The number of nitrogens with zero attached hydrogens (tertiary/aromatic N) is 1. The molecule has 2 aromatic carbocycles. The minimum Gasteiger partial charge on any atom is -0.447 e. The largest absolute Gasteiger partial charge is 0.447 e. The topological polar surface area (TPSA) is 105 Å². The van der Waals surface area contributed by atoms with Gasteiger partial charge in [-0.15, -0.1) is 0 Å². The Balaban J connectivity index is 1.54. The standard InChI is InChI=1S/C17H15N3O5S/c21-16-10-11-9-14(5-6-15(11)18-16)26(23,24)19-12-1-3-13(4-2-12)20-7-8-25-17(20)22/h1-6,9,19H,7-8,10H2,(H,18,21). The second-order valence-electron chi connectivity index (χ2n) is 5.96. The van der Waals surface area contributed by atoms with Crippen LogP contribution in [0, 0.1) is 0 Å². The fraction of sp³-hybridized carbons (Fsp3) is 0.176. The van der Waals surface area contributed by atoms with Gasteiger partial charge in [0.15, 0.2) is 0 Å². The van der Waals surface area contributed by atoms with Gasteiger partial charge >= 0.3 is 6.09 Å². The maximum absolute atomic E-state index is 12.6. The summed E-state index contributed by atoms with van der Waals surface area (Å²) in [5.41, 5.74) is 2.30. The second-order valence-corrected chi connectivity index (χ2v) is 7.64. The number of amides is 2. The Hall–Kier alpha value is -3.07. The summed E-state index contributed by atoms with van der Waals surface area (Å²) in [4.78, 5) is 24.5. The number of rotatable bonds is 4. The number of cyclic esters (lactones) is 1. The molecule has 8 nitrogen and oxygen atoms in total. The molecule has 2 aromatic rings. The van der Waals surface area contributed by atoms with Crippen LogP contribution in [-0.2, 0) is 26.0 Å². The third-order valence-corrected chi connectivity index (χ3v) is 5.58. The van der Waals surface area contributed by atoms with Gasteiger partial charge in [-0.2, -0.15) is 0 Å². The van der Waals surface area contributed by atoms with E-state index in [1.807, 2.05) is 0 Å². The van der Waals surface area contributed by atoms with Crippen molar-refractivity contribution >= 4 is 39.1 Å². The molecule has 0 radical (unpaired) electrons. The minimum atomic E-state index is -3.79. The Morgan fingerprint density at radius 3 is 2.54 bits per heavy atom. The van der Waals surface area contributed by atoms with E-state index in [2.05, 4.69) is 10.0 Å². The molecule has 2 heterocycles. The van der Waals surface area contributed by atoms with Crippen molar-refractivity contribution in [2.75, 3.05) is 28.1 Å². The van der Waals surface area contributed by atoms with E-state index in [1.165, 1.54) is 17.0 Å². The molecule has 0 unspecified atom stereocenters. The number of benzene rings is 2. The lowest BCUT2D eigenvalue weighted by molar-refractivity contribution is -0.115. The van der Waals surface area contributed by atoms with E-state index in [-0.39, 0.29) is 17.2 Å². The fourth-order valence-corrected chi connectivity index (χ4v) is 4.03. The number of anilines is 3. The smallest absolute Gasteiger partial charge is 0.414 e. The molecular weight excluding hydrogens is 358 g/mol. The summed E-state index contributed by atoms with van der Waals surface area (Å²) in [5, 5.41) is 2.67. The van der Waals surface area contributed by atoms with Crippen LogP contribution in [0.1, 0.15) is 5.56 Å². The lowest BCUT2D eigenvalue weighted by atomic mass is 10.2. The van der Waals surface area contributed by atoms with Crippen LogP contribution in [0.4, 0.5) is 21.9 Å². The van der Waals surface area contributed by atoms with Crippen molar-refractivity contribution in [3.05, 3.63) is 48.0 Å². The van der Waals surface area contributed by atoms with E-state index >= 15 is 0 Å². The Labute approximate surface area is 149 Å². The van der Waals surface area contributed by atoms with Crippen LogP contribution in [0.3, 0.4) is 0 Å². The minimum absolute atomic E-state index is 0.0833. The molecule has 9 heteroatoms. The summed E-state index contributed by atoms with van der Waals surface area (Å²) in [5.74, 6) is -0.154. The summed E-state index contributed by atoms with van der Waals surface area (Å²) < 4.78 is 32.5. The molecule has 2 aliphatic heterocycles. The summed E-state index contributed by atoms with van der Waals surface area (Å²) in [6.07, 6.45) is -0.251.